The summed E-state index contributed by atoms with van der Waals surface area (Å²) in [5.41, 5.74) is 22.0. The van der Waals surface area contributed by atoms with E-state index in [0.29, 0.717) is 0 Å². The van der Waals surface area contributed by atoms with E-state index in [0.717, 1.165) is 51.1 Å². The number of hydrogen-bond donors (Lipinski definition) is 0. The number of para-hydroxylation sites is 3. The minimum atomic E-state index is -0.501. The van der Waals surface area contributed by atoms with Crippen molar-refractivity contribution >= 4 is 62.0 Å². The molecular weight excluding hydrogens is 895 g/mol. The van der Waals surface area contributed by atoms with Crippen molar-refractivity contribution in [2.45, 2.75) is 5.41 Å². The minimum Gasteiger partial charge on any atom is -0.311 e. The van der Waals surface area contributed by atoms with E-state index >= 15 is 0 Å². The highest BCUT2D eigenvalue weighted by atomic mass is 15.2. The molecule has 3 heteroatoms. The van der Waals surface area contributed by atoms with Gasteiger partial charge in [0.1, 0.15) is 0 Å². The Morgan fingerprint density at radius 3 is 1.34 bits per heavy atom. The van der Waals surface area contributed by atoms with Gasteiger partial charge in [-0.3, -0.25) is 0 Å². The minimum absolute atomic E-state index is 0.501. The maximum absolute atomic E-state index is 2.44. The molecule has 0 N–H and O–H groups in total. The van der Waals surface area contributed by atoms with Crippen LogP contribution in [0.15, 0.2) is 297 Å². The summed E-state index contributed by atoms with van der Waals surface area (Å²) in [5.74, 6) is 0. The molecule has 0 saturated carbocycles. The zero-order valence-corrected chi connectivity index (χ0v) is 40.6. The quantitative estimate of drug-likeness (QED) is 0.135. The Morgan fingerprint density at radius 1 is 0.270 bits per heavy atom. The fraction of sp³-hybridized carbons (Fsp3) is 0.0141. The molecule has 0 atom stereocenters. The molecule has 0 radical (unpaired) electrons. The molecule has 0 spiro atoms. The Labute approximate surface area is 432 Å². The van der Waals surface area contributed by atoms with Gasteiger partial charge < -0.3 is 14.7 Å². The first-order valence-electron chi connectivity index (χ1n) is 25.5. The topological polar surface area (TPSA) is 9.72 Å². The third kappa shape index (κ3) is 6.97. The van der Waals surface area contributed by atoms with E-state index in [9.17, 15) is 0 Å². The van der Waals surface area contributed by atoms with Gasteiger partial charge in [0.25, 0.3) is 0 Å². The molecule has 14 rings (SSSR count). The highest BCUT2D eigenvalue weighted by Gasteiger charge is 2.46. The molecule has 74 heavy (non-hydrogen) atoms. The van der Waals surface area contributed by atoms with Gasteiger partial charge >= 0.3 is 0 Å². The van der Waals surface area contributed by atoms with E-state index in [1.54, 1.807) is 0 Å². The maximum Gasteiger partial charge on any atom is 0.0714 e. The second-order valence-corrected chi connectivity index (χ2v) is 19.2. The van der Waals surface area contributed by atoms with Crippen molar-refractivity contribution in [2.75, 3.05) is 14.7 Å². The van der Waals surface area contributed by atoms with Gasteiger partial charge in [-0.2, -0.15) is 0 Å². The molecule has 0 aromatic heterocycles. The maximum atomic E-state index is 2.44. The first kappa shape index (κ1) is 43.1. The number of anilines is 9. The van der Waals surface area contributed by atoms with Crippen LogP contribution in [0.25, 0.3) is 44.2 Å². The molecule has 1 aliphatic heterocycles. The Kier molecular flexibility index (Phi) is 10.4. The van der Waals surface area contributed by atoms with E-state index in [4.69, 9.17) is 0 Å². The molecule has 12 aromatic carbocycles. The SMILES string of the molecule is c1ccc(N(c2ccccc2)c2ccc(N3c4ccc(-c5ccc(N(c6ccccc6)c6ccc7c(c6)C(c6ccccc6)(c6ccccc6)c6ccccc6-7)cc5)cc4-c4cccc5cccc3c45)cc2)cc1. The van der Waals surface area contributed by atoms with E-state index in [2.05, 4.69) is 312 Å². The second-order valence-electron chi connectivity index (χ2n) is 19.2. The Balaban J connectivity index is 0.858. The normalized spacial score (nSPS) is 12.7. The highest BCUT2D eigenvalue weighted by Crippen LogP contribution is 2.58. The molecule has 3 nitrogen and oxygen atoms in total. The molecule has 12 aromatic rings. The Bertz CT molecular complexity index is 3900. The summed E-state index contributed by atoms with van der Waals surface area (Å²) in [4.78, 5) is 7.15. The Hall–Kier alpha value is -9.70. The van der Waals surface area contributed by atoms with Crippen LogP contribution in [0.2, 0.25) is 0 Å². The van der Waals surface area contributed by atoms with Crippen LogP contribution in [0, 0.1) is 0 Å². The summed E-state index contributed by atoms with van der Waals surface area (Å²) in [6.45, 7) is 0. The zero-order chi connectivity index (χ0) is 49.0. The van der Waals surface area contributed by atoms with Crippen molar-refractivity contribution in [1.82, 2.24) is 0 Å². The van der Waals surface area contributed by atoms with Gasteiger partial charge in [0, 0.05) is 50.8 Å². The van der Waals surface area contributed by atoms with Crippen LogP contribution < -0.4 is 14.7 Å². The average molecular weight is 944 g/mol. The number of fused-ring (bicyclic) bond motifs is 5. The Morgan fingerprint density at radius 2 is 0.730 bits per heavy atom. The molecule has 348 valence electrons. The van der Waals surface area contributed by atoms with Crippen LogP contribution in [-0.2, 0) is 5.41 Å². The first-order chi connectivity index (χ1) is 36.7. The average Bonchev–Trinajstić information content (AvgIpc) is 3.80. The summed E-state index contributed by atoms with van der Waals surface area (Å²) < 4.78 is 0. The number of hydrogen-bond acceptors (Lipinski definition) is 3. The van der Waals surface area contributed by atoms with E-state index < -0.39 is 5.41 Å². The first-order valence-corrected chi connectivity index (χ1v) is 25.5. The number of benzene rings is 12. The van der Waals surface area contributed by atoms with Crippen molar-refractivity contribution < 1.29 is 0 Å². The van der Waals surface area contributed by atoms with E-state index in [1.165, 1.54) is 66.5 Å². The van der Waals surface area contributed by atoms with E-state index in [1.807, 2.05) is 0 Å². The predicted molar refractivity (Wildman–Crippen MR) is 310 cm³/mol. The molecule has 0 unspecified atom stereocenters. The van der Waals surface area contributed by atoms with Crippen LogP contribution in [0.1, 0.15) is 22.3 Å². The summed E-state index contributed by atoms with van der Waals surface area (Å²) in [5, 5.41) is 2.48. The van der Waals surface area contributed by atoms with Gasteiger partial charge in [0.2, 0.25) is 0 Å². The second kappa shape index (κ2) is 17.9. The summed E-state index contributed by atoms with van der Waals surface area (Å²) in [6, 6.07) is 109. The van der Waals surface area contributed by atoms with Crippen molar-refractivity contribution in [3.05, 3.63) is 320 Å². The summed E-state index contributed by atoms with van der Waals surface area (Å²) >= 11 is 0. The fourth-order valence-electron chi connectivity index (χ4n) is 12.0. The lowest BCUT2D eigenvalue weighted by Crippen LogP contribution is -2.28. The van der Waals surface area contributed by atoms with Gasteiger partial charge in [-0.25, -0.2) is 0 Å². The smallest absolute Gasteiger partial charge is 0.0714 e. The zero-order valence-electron chi connectivity index (χ0n) is 40.6. The van der Waals surface area contributed by atoms with Crippen molar-refractivity contribution in [1.29, 1.82) is 0 Å². The van der Waals surface area contributed by atoms with E-state index in [-0.39, 0.29) is 0 Å². The fourth-order valence-corrected chi connectivity index (χ4v) is 12.0. The van der Waals surface area contributed by atoms with Crippen molar-refractivity contribution in [3.8, 4) is 33.4 Å². The van der Waals surface area contributed by atoms with Crippen molar-refractivity contribution in [2.24, 2.45) is 0 Å². The lowest BCUT2D eigenvalue weighted by atomic mass is 9.67. The molecule has 0 saturated heterocycles. The standard InChI is InChI=1S/C71H49N3/c1-6-22-53(23-7-1)71(54-24-8-2-9-25-54)66-34-17-16-32-62(66)63-46-45-61(49-67(63)71)73(57-30-14-5-15-31-57)58-39-36-50(37-40-58)52-38-47-68-65(48-52)64-33-18-20-51-21-19-35-69(70(51)64)74(68)60-43-41-59(42-44-60)72(55-26-10-3-11-27-55)56-28-12-4-13-29-56/h1-49H. The summed E-state index contributed by atoms with van der Waals surface area (Å²) in [6.07, 6.45) is 0. The lowest BCUT2D eigenvalue weighted by Gasteiger charge is -2.35. The van der Waals surface area contributed by atoms with Crippen LogP contribution >= 0.6 is 0 Å². The monoisotopic (exact) mass is 943 g/mol. The van der Waals surface area contributed by atoms with Crippen LogP contribution in [0.3, 0.4) is 0 Å². The molecular formula is C71H49N3. The van der Waals surface area contributed by atoms with Crippen LogP contribution in [0.4, 0.5) is 51.2 Å². The third-order valence-corrected chi connectivity index (χ3v) is 15.2. The highest BCUT2D eigenvalue weighted by molar-refractivity contribution is 6.14. The van der Waals surface area contributed by atoms with Gasteiger partial charge in [0.05, 0.1) is 16.8 Å². The third-order valence-electron chi connectivity index (χ3n) is 15.2. The molecule has 1 aliphatic carbocycles. The number of rotatable bonds is 10. The molecule has 2 aliphatic rings. The lowest BCUT2D eigenvalue weighted by molar-refractivity contribution is 0.768. The van der Waals surface area contributed by atoms with Gasteiger partial charge in [-0.05, 0) is 159 Å². The van der Waals surface area contributed by atoms with Crippen LogP contribution in [-0.4, -0.2) is 0 Å². The number of nitrogens with zero attached hydrogens (tertiary/aromatic N) is 3. The van der Waals surface area contributed by atoms with Gasteiger partial charge in [0.15, 0.2) is 0 Å². The predicted octanol–water partition coefficient (Wildman–Crippen LogP) is 19.3. The van der Waals surface area contributed by atoms with Gasteiger partial charge in [-0.1, -0.05) is 194 Å². The molecule has 1 heterocycles. The molecule has 0 fully saturated rings. The summed E-state index contributed by atoms with van der Waals surface area (Å²) in [7, 11) is 0. The van der Waals surface area contributed by atoms with Gasteiger partial charge in [-0.15, -0.1) is 0 Å². The largest absolute Gasteiger partial charge is 0.311 e. The van der Waals surface area contributed by atoms with Crippen molar-refractivity contribution in [3.63, 3.8) is 0 Å². The molecule has 0 bridgehead atoms. The molecule has 0 amide bonds. The van der Waals surface area contributed by atoms with Crippen LogP contribution in [0.5, 0.6) is 0 Å².